The number of pyridine rings is 1. The number of aromatic nitrogens is 3. The topological polar surface area (TPSA) is 109 Å². The van der Waals surface area contributed by atoms with Crippen LogP contribution in [0.2, 0.25) is 0 Å². The van der Waals surface area contributed by atoms with E-state index in [1.165, 1.54) is 24.7 Å². The Hall–Kier alpha value is -3.73. The van der Waals surface area contributed by atoms with E-state index in [0.29, 0.717) is 29.9 Å². The van der Waals surface area contributed by atoms with E-state index in [1.807, 2.05) is 0 Å². The number of hydrogen-bond donors (Lipinski definition) is 3. The lowest BCUT2D eigenvalue weighted by Gasteiger charge is -2.13. The number of aliphatic hydroxyl groups excluding tert-OH is 1. The van der Waals surface area contributed by atoms with Crippen LogP contribution in [0.3, 0.4) is 0 Å². The van der Waals surface area contributed by atoms with Gasteiger partial charge in [-0.1, -0.05) is 0 Å². The Kier molecular flexibility index (Phi) is 6.98. The fourth-order valence-corrected chi connectivity index (χ4v) is 2.62. The quantitative estimate of drug-likeness (QED) is 0.467. The Morgan fingerprint density at radius 1 is 1.10 bits per heavy atom. The molecule has 0 saturated heterocycles. The molecule has 0 fully saturated rings. The number of alkyl halides is 3. The summed E-state index contributed by atoms with van der Waals surface area (Å²) < 4.78 is 40.6. The maximum atomic E-state index is 12.6. The standard InChI is InChI=1S/C20H18F3N5O3/c21-20(22,23)31-16-4-2-15(3-5-16)28-19(30)13-8-17(14-9-24-12-25-10-14)18(27-11-13)26-6-1-7-29/h2-5,8-12,29H,1,6-7H2,(H,26,27)(H,28,30). The molecule has 0 bridgehead atoms. The molecule has 0 aliphatic rings. The summed E-state index contributed by atoms with van der Waals surface area (Å²) in [5.41, 5.74) is 1.72. The molecule has 3 aromatic rings. The summed E-state index contributed by atoms with van der Waals surface area (Å²) in [5, 5.41) is 14.7. The maximum Gasteiger partial charge on any atom is 0.573 e. The number of rotatable bonds is 8. The Bertz CT molecular complexity index is 1010. The van der Waals surface area contributed by atoms with Gasteiger partial charge in [-0.05, 0) is 36.8 Å². The summed E-state index contributed by atoms with van der Waals surface area (Å²) in [6, 6.07) is 6.39. The molecule has 31 heavy (non-hydrogen) atoms. The highest BCUT2D eigenvalue weighted by Gasteiger charge is 2.31. The second kappa shape index (κ2) is 9.85. The molecule has 0 saturated carbocycles. The van der Waals surface area contributed by atoms with Crippen molar-refractivity contribution in [3.8, 4) is 16.9 Å². The van der Waals surface area contributed by atoms with Crippen LogP contribution in [-0.4, -0.2) is 45.5 Å². The van der Waals surface area contributed by atoms with Crippen LogP contribution in [-0.2, 0) is 0 Å². The zero-order valence-electron chi connectivity index (χ0n) is 16.1. The van der Waals surface area contributed by atoms with Gasteiger partial charge in [0.1, 0.15) is 17.9 Å². The first-order chi connectivity index (χ1) is 14.9. The largest absolute Gasteiger partial charge is 0.573 e. The molecule has 1 amide bonds. The summed E-state index contributed by atoms with van der Waals surface area (Å²) in [6.07, 6.45) is 1.61. The van der Waals surface area contributed by atoms with Crippen molar-refractivity contribution < 1.29 is 27.8 Å². The van der Waals surface area contributed by atoms with E-state index in [-0.39, 0.29) is 17.9 Å². The fraction of sp³-hybridized carbons (Fsp3) is 0.200. The Balaban J connectivity index is 1.79. The second-order valence-electron chi connectivity index (χ2n) is 6.28. The van der Waals surface area contributed by atoms with E-state index < -0.39 is 18.0 Å². The Morgan fingerprint density at radius 3 is 2.45 bits per heavy atom. The smallest absolute Gasteiger partial charge is 0.406 e. The number of carbonyl (C=O) groups is 1. The minimum absolute atomic E-state index is 0.0179. The summed E-state index contributed by atoms with van der Waals surface area (Å²) in [5.74, 6) is -0.401. The number of nitrogens with zero attached hydrogens (tertiary/aromatic N) is 3. The van der Waals surface area contributed by atoms with E-state index >= 15 is 0 Å². The molecule has 8 nitrogen and oxygen atoms in total. The molecule has 0 aliphatic carbocycles. The predicted octanol–water partition coefficient (Wildman–Crippen LogP) is 3.48. The van der Waals surface area contributed by atoms with E-state index in [4.69, 9.17) is 5.11 Å². The van der Waals surface area contributed by atoms with Crippen LogP contribution in [0.1, 0.15) is 16.8 Å². The average Bonchev–Trinajstić information content (AvgIpc) is 2.75. The zero-order valence-corrected chi connectivity index (χ0v) is 16.1. The number of aliphatic hydroxyl groups is 1. The van der Waals surface area contributed by atoms with Gasteiger partial charge in [0.2, 0.25) is 0 Å². The average molecular weight is 433 g/mol. The highest BCUT2D eigenvalue weighted by molar-refractivity contribution is 6.05. The SMILES string of the molecule is O=C(Nc1ccc(OC(F)(F)F)cc1)c1cnc(NCCCO)c(-c2cncnc2)c1. The molecule has 0 spiro atoms. The monoisotopic (exact) mass is 433 g/mol. The fourth-order valence-electron chi connectivity index (χ4n) is 2.62. The molecule has 0 aliphatic heterocycles. The van der Waals surface area contributed by atoms with E-state index in [1.54, 1.807) is 18.5 Å². The van der Waals surface area contributed by atoms with Gasteiger partial charge in [-0.25, -0.2) is 15.0 Å². The molecule has 3 rings (SSSR count). The van der Waals surface area contributed by atoms with Gasteiger partial charge < -0.3 is 20.5 Å². The number of anilines is 2. The van der Waals surface area contributed by atoms with Crippen LogP contribution in [0.25, 0.3) is 11.1 Å². The molecule has 162 valence electrons. The zero-order chi connectivity index (χ0) is 22.3. The number of nitrogens with one attached hydrogen (secondary N) is 2. The second-order valence-corrected chi connectivity index (χ2v) is 6.28. The van der Waals surface area contributed by atoms with E-state index in [9.17, 15) is 18.0 Å². The summed E-state index contributed by atoms with van der Waals surface area (Å²) in [6.45, 7) is 0.492. The molecule has 0 radical (unpaired) electrons. The first kappa shape index (κ1) is 22.0. The normalized spacial score (nSPS) is 11.1. The number of hydrogen-bond acceptors (Lipinski definition) is 7. The van der Waals surface area contributed by atoms with Gasteiger partial charge in [0.15, 0.2) is 0 Å². The molecular weight excluding hydrogens is 415 g/mol. The molecular formula is C20H18F3N5O3. The van der Waals surface area contributed by atoms with Gasteiger partial charge in [-0.2, -0.15) is 0 Å². The number of ether oxygens (including phenoxy) is 1. The Morgan fingerprint density at radius 2 is 1.81 bits per heavy atom. The lowest BCUT2D eigenvalue weighted by atomic mass is 10.1. The number of benzene rings is 1. The molecule has 3 N–H and O–H groups in total. The highest BCUT2D eigenvalue weighted by atomic mass is 19.4. The van der Waals surface area contributed by atoms with Crippen LogP contribution in [0, 0.1) is 0 Å². The van der Waals surface area contributed by atoms with Crippen molar-refractivity contribution in [3.05, 3.63) is 60.8 Å². The minimum Gasteiger partial charge on any atom is -0.406 e. The number of halogens is 3. The first-order valence-electron chi connectivity index (χ1n) is 9.13. The van der Waals surface area contributed by atoms with Crippen molar-refractivity contribution in [2.75, 3.05) is 23.8 Å². The van der Waals surface area contributed by atoms with Crippen LogP contribution in [0.4, 0.5) is 24.7 Å². The molecule has 2 aromatic heterocycles. The summed E-state index contributed by atoms with van der Waals surface area (Å²) in [7, 11) is 0. The van der Waals surface area contributed by atoms with E-state index in [2.05, 4.69) is 30.3 Å². The van der Waals surface area contributed by atoms with Crippen molar-refractivity contribution in [3.63, 3.8) is 0 Å². The highest BCUT2D eigenvalue weighted by Crippen LogP contribution is 2.27. The van der Waals surface area contributed by atoms with Crippen molar-refractivity contribution >= 4 is 17.4 Å². The molecule has 0 unspecified atom stereocenters. The van der Waals surface area contributed by atoms with Gasteiger partial charge in [0.05, 0.1) is 5.56 Å². The number of carbonyl (C=O) groups excluding carboxylic acids is 1. The van der Waals surface area contributed by atoms with Crippen LogP contribution in [0.5, 0.6) is 5.75 Å². The van der Waals surface area contributed by atoms with E-state index in [0.717, 1.165) is 12.1 Å². The molecule has 11 heteroatoms. The molecule has 2 heterocycles. The van der Waals surface area contributed by atoms with Gasteiger partial charge >= 0.3 is 6.36 Å². The third-order valence-electron chi connectivity index (χ3n) is 3.99. The van der Waals surface area contributed by atoms with Crippen molar-refractivity contribution in [2.24, 2.45) is 0 Å². The molecule has 1 aromatic carbocycles. The van der Waals surface area contributed by atoms with Crippen LogP contribution < -0.4 is 15.4 Å². The third-order valence-corrected chi connectivity index (χ3v) is 3.99. The van der Waals surface area contributed by atoms with Gasteiger partial charge in [0, 0.05) is 48.6 Å². The van der Waals surface area contributed by atoms with Crippen molar-refractivity contribution in [1.29, 1.82) is 0 Å². The van der Waals surface area contributed by atoms with Crippen molar-refractivity contribution in [1.82, 2.24) is 15.0 Å². The summed E-state index contributed by atoms with van der Waals surface area (Å²) >= 11 is 0. The van der Waals surface area contributed by atoms with Crippen LogP contribution in [0.15, 0.2) is 55.2 Å². The van der Waals surface area contributed by atoms with Crippen molar-refractivity contribution in [2.45, 2.75) is 12.8 Å². The lowest BCUT2D eigenvalue weighted by Crippen LogP contribution is -2.17. The van der Waals surface area contributed by atoms with Gasteiger partial charge in [-0.15, -0.1) is 13.2 Å². The first-order valence-corrected chi connectivity index (χ1v) is 9.13. The number of amides is 1. The molecule has 0 atom stereocenters. The maximum absolute atomic E-state index is 12.6. The Labute approximate surface area is 175 Å². The van der Waals surface area contributed by atoms with Gasteiger partial charge in [-0.3, -0.25) is 4.79 Å². The van der Waals surface area contributed by atoms with Crippen LogP contribution >= 0.6 is 0 Å². The summed E-state index contributed by atoms with van der Waals surface area (Å²) in [4.78, 5) is 24.9. The lowest BCUT2D eigenvalue weighted by molar-refractivity contribution is -0.274. The van der Waals surface area contributed by atoms with Gasteiger partial charge in [0.25, 0.3) is 5.91 Å². The minimum atomic E-state index is -4.79. The third kappa shape index (κ3) is 6.37. The predicted molar refractivity (Wildman–Crippen MR) is 107 cm³/mol.